The molecule has 0 unspecified atom stereocenters. The Morgan fingerprint density at radius 2 is 2.21 bits per heavy atom. The van der Waals surface area contributed by atoms with Crippen molar-refractivity contribution in [2.75, 3.05) is 0 Å². The molecule has 0 spiro atoms. The first kappa shape index (κ1) is 13.5. The summed E-state index contributed by atoms with van der Waals surface area (Å²) < 4.78 is 0. The predicted octanol–water partition coefficient (Wildman–Crippen LogP) is 2.42. The molecule has 19 heavy (non-hydrogen) atoms. The van der Waals surface area contributed by atoms with E-state index in [2.05, 4.69) is 10.3 Å². The van der Waals surface area contributed by atoms with Crippen LogP contribution in [0.2, 0.25) is 5.02 Å². The maximum atomic E-state index is 11.8. The number of carboxylic acids is 1. The zero-order valence-electron chi connectivity index (χ0n) is 9.59. The lowest BCUT2D eigenvalue weighted by atomic mass is 10.2. The van der Waals surface area contributed by atoms with Gasteiger partial charge >= 0.3 is 5.97 Å². The highest BCUT2D eigenvalue weighted by Gasteiger charge is 2.10. The number of benzene rings is 1. The smallest absolute Gasteiger partial charge is 0.355 e. The Hall–Kier alpha value is -1.92. The molecule has 7 heteroatoms. The molecule has 0 saturated heterocycles. The Morgan fingerprint density at radius 3 is 2.84 bits per heavy atom. The van der Waals surface area contributed by atoms with E-state index < -0.39 is 5.97 Å². The number of carbonyl (C=O) groups is 2. The highest BCUT2D eigenvalue weighted by molar-refractivity contribution is 7.09. The molecule has 98 valence electrons. The number of carboxylic acid groups (broad SMARTS) is 1. The molecule has 2 aromatic rings. The number of aromatic carboxylic acids is 1. The van der Waals surface area contributed by atoms with Gasteiger partial charge in [-0.3, -0.25) is 4.79 Å². The third-order valence-electron chi connectivity index (χ3n) is 2.26. The number of halogens is 1. The Morgan fingerprint density at radius 1 is 1.42 bits per heavy atom. The van der Waals surface area contributed by atoms with Crippen molar-refractivity contribution in [3.8, 4) is 0 Å². The van der Waals surface area contributed by atoms with E-state index >= 15 is 0 Å². The molecule has 0 radical (unpaired) electrons. The van der Waals surface area contributed by atoms with Gasteiger partial charge in [-0.15, -0.1) is 11.3 Å². The molecule has 1 aromatic carbocycles. The minimum Gasteiger partial charge on any atom is -0.476 e. The molecule has 2 rings (SSSR count). The van der Waals surface area contributed by atoms with Crippen LogP contribution in [0.1, 0.15) is 25.9 Å². The van der Waals surface area contributed by atoms with Crippen molar-refractivity contribution in [2.24, 2.45) is 0 Å². The minimum absolute atomic E-state index is 0.0167. The van der Waals surface area contributed by atoms with Crippen LogP contribution in [0.15, 0.2) is 29.6 Å². The summed E-state index contributed by atoms with van der Waals surface area (Å²) in [6.07, 6.45) is 0. The van der Waals surface area contributed by atoms with Crippen LogP contribution < -0.4 is 5.32 Å². The number of aromatic nitrogens is 1. The lowest BCUT2D eigenvalue weighted by molar-refractivity contribution is 0.0691. The first-order valence-corrected chi connectivity index (χ1v) is 6.53. The summed E-state index contributed by atoms with van der Waals surface area (Å²) in [5, 5.41) is 13.8. The monoisotopic (exact) mass is 296 g/mol. The van der Waals surface area contributed by atoms with Crippen molar-refractivity contribution in [3.63, 3.8) is 0 Å². The second-order valence-corrected chi connectivity index (χ2v) is 5.00. The molecule has 0 aliphatic rings. The zero-order valence-corrected chi connectivity index (χ0v) is 11.2. The summed E-state index contributed by atoms with van der Waals surface area (Å²) in [5.41, 5.74) is 0.430. The van der Waals surface area contributed by atoms with Crippen LogP contribution in [-0.4, -0.2) is 22.0 Å². The second kappa shape index (κ2) is 5.81. The van der Waals surface area contributed by atoms with Crippen LogP contribution in [-0.2, 0) is 6.54 Å². The van der Waals surface area contributed by atoms with E-state index in [1.165, 1.54) is 16.7 Å². The van der Waals surface area contributed by atoms with Gasteiger partial charge in [0.15, 0.2) is 5.69 Å². The third-order valence-corrected chi connectivity index (χ3v) is 3.34. The lowest BCUT2D eigenvalue weighted by Gasteiger charge is -2.03. The van der Waals surface area contributed by atoms with Gasteiger partial charge in [-0.05, 0) is 18.2 Å². The van der Waals surface area contributed by atoms with Crippen molar-refractivity contribution in [1.29, 1.82) is 0 Å². The van der Waals surface area contributed by atoms with Gasteiger partial charge in [0.05, 0.1) is 6.54 Å². The lowest BCUT2D eigenvalue weighted by Crippen LogP contribution is -2.22. The average molecular weight is 297 g/mol. The summed E-state index contributed by atoms with van der Waals surface area (Å²) in [7, 11) is 0. The molecular weight excluding hydrogens is 288 g/mol. The summed E-state index contributed by atoms with van der Waals surface area (Å²) in [6.45, 7) is 0.184. The average Bonchev–Trinajstić information content (AvgIpc) is 2.85. The largest absolute Gasteiger partial charge is 0.476 e. The molecule has 0 atom stereocenters. The van der Waals surface area contributed by atoms with Crippen LogP contribution in [0.4, 0.5) is 0 Å². The highest BCUT2D eigenvalue weighted by Crippen LogP contribution is 2.12. The highest BCUT2D eigenvalue weighted by atomic mass is 35.5. The van der Waals surface area contributed by atoms with E-state index in [1.807, 2.05) is 0 Å². The molecule has 0 fully saturated rings. The van der Waals surface area contributed by atoms with Gasteiger partial charge in [-0.1, -0.05) is 17.7 Å². The number of hydrogen-bond acceptors (Lipinski definition) is 4. The zero-order chi connectivity index (χ0) is 13.8. The molecule has 0 aliphatic carbocycles. The van der Waals surface area contributed by atoms with Crippen molar-refractivity contribution in [1.82, 2.24) is 10.3 Å². The summed E-state index contributed by atoms with van der Waals surface area (Å²) in [4.78, 5) is 26.3. The maximum absolute atomic E-state index is 11.8. The Bertz CT molecular complexity index is 627. The number of hydrogen-bond donors (Lipinski definition) is 2. The third kappa shape index (κ3) is 3.52. The van der Waals surface area contributed by atoms with Gasteiger partial charge in [0, 0.05) is 16.0 Å². The molecular formula is C12H9ClN2O3S. The van der Waals surface area contributed by atoms with E-state index in [4.69, 9.17) is 16.7 Å². The van der Waals surface area contributed by atoms with Crippen LogP contribution in [0.25, 0.3) is 0 Å². The summed E-state index contributed by atoms with van der Waals surface area (Å²) in [5.74, 6) is -1.36. The van der Waals surface area contributed by atoms with Crippen LogP contribution in [0, 0.1) is 0 Å². The molecule has 1 amide bonds. The fraction of sp³-hybridized carbons (Fsp3) is 0.0833. The van der Waals surface area contributed by atoms with Crippen molar-refractivity contribution in [3.05, 3.63) is 50.9 Å². The first-order chi connectivity index (χ1) is 9.06. The molecule has 1 heterocycles. The van der Waals surface area contributed by atoms with E-state index in [-0.39, 0.29) is 18.1 Å². The molecule has 2 N–H and O–H groups in total. The minimum atomic E-state index is -1.08. The number of carbonyl (C=O) groups excluding carboxylic acids is 1. The molecule has 0 bridgehead atoms. The fourth-order valence-electron chi connectivity index (χ4n) is 1.38. The number of thiazole rings is 1. The maximum Gasteiger partial charge on any atom is 0.355 e. The van der Waals surface area contributed by atoms with Gasteiger partial charge in [-0.25, -0.2) is 9.78 Å². The Kier molecular flexibility index (Phi) is 4.13. The Balaban J connectivity index is 1.98. The normalized spacial score (nSPS) is 10.2. The Labute approximate surface area is 117 Å². The number of rotatable bonds is 4. The first-order valence-electron chi connectivity index (χ1n) is 5.28. The van der Waals surface area contributed by atoms with Gasteiger partial charge in [0.1, 0.15) is 5.01 Å². The van der Waals surface area contributed by atoms with E-state index in [0.29, 0.717) is 15.6 Å². The molecule has 0 aliphatic heterocycles. The van der Waals surface area contributed by atoms with Crippen molar-refractivity contribution < 1.29 is 14.7 Å². The van der Waals surface area contributed by atoms with Gasteiger partial charge < -0.3 is 10.4 Å². The van der Waals surface area contributed by atoms with Crippen molar-refractivity contribution in [2.45, 2.75) is 6.54 Å². The standard InChI is InChI=1S/C12H9ClN2O3S/c13-8-3-1-2-7(4-8)11(16)14-5-10-15-9(6-19-10)12(17)18/h1-4,6H,5H2,(H,14,16)(H,17,18). The van der Waals surface area contributed by atoms with Crippen LogP contribution in [0.5, 0.6) is 0 Å². The SMILES string of the molecule is O=C(NCc1nc(C(=O)O)cs1)c1cccc(Cl)c1. The number of nitrogens with one attached hydrogen (secondary N) is 1. The number of nitrogens with zero attached hydrogens (tertiary/aromatic N) is 1. The van der Waals surface area contributed by atoms with E-state index in [0.717, 1.165) is 0 Å². The molecule has 0 saturated carbocycles. The van der Waals surface area contributed by atoms with Gasteiger partial charge in [0.2, 0.25) is 0 Å². The molecule has 5 nitrogen and oxygen atoms in total. The van der Waals surface area contributed by atoms with Gasteiger partial charge in [-0.2, -0.15) is 0 Å². The fourth-order valence-corrected chi connectivity index (χ4v) is 2.28. The van der Waals surface area contributed by atoms with E-state index in [9.17, 15) is 9.59 Å². The van der Waals surface area contributed by atoms with Crippen molar-refractivity contribution >= 4 is 34.8 Å². The summed E-state index contributed by atoms with van der Waals surface area (Å²) in [6, 6.07) is 6.56. The predicted molar refractivity (Wildman–Crippen MR) is 71.7 cm³/mol. The second-order valence-electron chi connectivity index (χ2n) is 3.62. The molecule has 1 aromatic heterocycles. The number of amides is 1. The van der Waals surface area contributed by atoms with Crippen LogP contribution in [0.3, 0.4) is 0 Å². The topological polar surface area (TPSA) is 79.3 Å². The summed E-state index contributed by atoms with van der Waals surface area (Å²) >= 11 is 6.97. The quantitative estimate of drug-likeness (QED) is 0.908. The van der Waals surface area contributed by atoms with Crippen LogP contribution >= 0.6 is 22.9 Å². The van der Waals surface area contributed by atoms with E-state index in [1.54, 1.807) is 24.3 Å². The van der Waals surface area contributed by atoms with Gasteiger partial charge in [0.25, 0.3) is 5.91 Å².